The van der Waals surface area contributed by atoms with E-state index >= 15 is 0 Å². The topological polar surface area (TPSA) is 73.2 Å². The van der Waals surface area contributed by atoms with Crippen LogP contribution in [0.4, 0.5) is 5.69 Å². The fourth-order valence-corrected chi connectivity index (χ4v) is 4.17. The second-order valence-electron chi connectivity index (χ2n) is 6.18. The Bertz CT molecular complexity index is 930. The van der Waals surface area contributed by atoms with Gasteiger partial charge in [0.15, 0.2) is 0 Å². The minimum atomic E-state index is -0.496. The predicted octanol–water partition coefficient (Wildman–Crippen LogP) is 3.17. The van der Waals surface area contributed by atoms with E-state index in [-0.39, 0.29) is 11.5 Å². The number of carbonyl (C=O) groups is 2. The van der Waals surface area contributed by atoms with Gasteiger partial charge in [0.05, 0.1) is 5.25 Å². The molecule has 27 heavy (non-hydrogen) atoms. The van der Waals surface area contributed by atoms with Gasteiger partial charge < -0.3 is 5.32 Å². The van der Waals surface area contributed by atoms with Gasteiger partial charge in [-0.05, 0) is 31.0 Å². The lowest BCUT2D eigenvalue weighted by Crippen LogP contribution is -2.31. The van der Waals surface area contributed by atoms with Crippen LogP contribution in [0, 0.1) is 18.3 Å². The zero-order chi connectivity index (χ0) is 19.4. The second-order valence-corrected chi connectivity index (χ2v) is 7.37. The van der Waals surface area contributed by atoms with Crippen molar-refractivity contribution in [2.75, 3.05) is 11.9 Å². The van der Waals surface area contributed by atoms with Crippen molar-refractivity contribution in [2.24, 2.45) is 0 Å². The van der Waals surface area contributed by atoms with Gasteiger partial charge in [-0.3, -0.25) is 14.5 Å². The summed E-state index contributed by atoms with van der Waals surface area (Å²) in [6.07, 6.45) is 0.531. The number of aryl methyl sites for hydroxylation is 1. The fourth-order valence-electron chi connectivity index (χ4n) is 2.86. The molecule has 3 rings (SSSR count). The summed E-state index contributed by atoms with van der Waals surface area (Å²) in [4.78, 5) is 26.8. The first kappa shape index (κ1) is 18.7. The molecule has 1 atom stereocenters. The van der Waals surface area contributed by atoms with Crippen molar-refractivity contribution in [3.63, 3.8) is 0 Å². The Morgan fingerprint density at radius 1 is 1.19 bits per heavy atom. The molecule has 1 fully saturated rings. The van der Waals surface area contributed by atoms with Crippen LogP contribution in [0.2, 0.25) is 0 Å². The first-order valence-electron chi connectivity index (χ1n) is 8.53. The third kappa shape index (κ3) is 3.88. The van der Waals surface area contributed by atoms with Gasteiger partial charge in [-0.2, -0.15) is 5.26 Å². The molecule has 136 valence electrons. The summed E-state index contributed by atoms with van der Waals surface area (Å²) in [6.45, 7) is 2.01. The molecule has 0 radical (unpaired) electrons. The van der Waals surface area contributed by atoms with Gasteiger partial charge in [0.2, 0.25) is 5.91 Å². The van der Waals surface area contributed by atoms with Crippen LogP contribution in [-0.2, 0) is 16.0 Å². The molecule has 6 heteroatoms. The SMILES string of the molecule is CNC(=O)C(C#N)=C1SC(Cc2ccc(C)cc2)C(=O)N1c1ccccc1. The highest BCUT2D eigenvalue weighted by Crippen LogP contribution is 2.41. The van der Waals surface area contributed by atoms with Crippen LogP contribution in [0.15, 0.2) is 65.2 Å². The Balaban J connectivity index is 2.02. The van der Waals surface area contributed by atoms with E-state index < -0.39 is 11.2 Å². The largest absolute Gasteiger partial charge is 0.354 e. The highest BCUT2D eigenvalue weighted by Gasteiger charge is 2.40. The summed E-state index contributed by atoms with van der Waals surface area (Å²) in [5.74, 6) is -0.622. The maximum absolute atomic E-state index is 13.1. The van der Waals surface area contributed by atoms with Crippen molar-refractivity contribution in [3.8, 4) is 6.07 Å². The Labute approximate surface area is 162 Å². The molecule has 5 nitrogen and oxygen atoms in total. The number of benzene rings is 2. The summed E-state index contributed by atoms with van der Waals surface area (Å²) in [6, 6.07) is 19.1. The molecular weight excluding hydrogens is 358 g/mol. The number of nitrogens with zero attached hydrogens (tertiary/aromatic N) is 2. The van der Waals surface area contributed by atoms with Crippen LogP contribution in [-0.4, -0.2) is 24.1 Å². The maximum Gasteiger partial charge on any atom is 0.264 e. The first-order valence-corrected chi connectivity index (χ1v) is 9.40. The molecule has 1 N–H and O–H groups in total. The van der Waals surface area contributed by atoms with Gasteiger partial charge in [-0.25, -0.2) is 0 Å². The van der Waals surface area contributed by atoms with Gasteiger partial charge in [-0.1, -0.05) is 59.8 Å². The maximum atomic E-state index is 13.1. The van der Waals surface area contributed by atoms with E-state index in [1.807, 2.05) is 55.5 Å². The standard InChI is InChI=1S/C21H19N3O2S/c1-14-8-10-15(11-9-14)12-18-20(26)24(16-6-4-3-5-7-16)21(27-18)17(13-22)19(25)23-2/h3-11,18H,12H2,1-2H3,(H,23,25). The van der Waals surface area contributed by atoms with Crippen molar-refractivity contribution in [1.29, 1.82) is 5.26 Å². The third-order valence-electron chi connectivity index (χ3n) is 4.29. The van der Waals surface area contributed by atoms with Gasteiger partial charge >= 0.3 is 0 Å². The van der Waals surface area contributed by atoms with E-state index in [4.69, 9.17) is 0 Å². The summed E-state index contributed by atoms with van der Waals surface area (Å²) in [7, 11) is 1.47. The van der Waals surface area contributed by atoms with E-state index in [2.05, 4.69) is 5.32 Å². The number of thioether (sulfide) groups is 1. The number of hydrogen-bond donors (Lipinski definition) is 1. The Morgan fingerprint density at radius 3 is 2.44 bits per heavy atom. The average Bonchev–Trinajstić information content (AvgIpc) is 3.00. The van der Waals surface area contributed by atoms with Crippen molar-refractivity contribution >= 4 is 29.3 Å². The van der Waals surface area contributed by atoms with Gasteiger partial charge in [0.25, 0.3) is 5.91 Å². The minimum Gasteiger partial charge on any atom is -0.354 e. The highest BCUT2D eigenvalue weighted by molar-refractivity contribution is 8.05. The number of amides is 2. The number of nitriles is 1. The van der Waals surface area contributed by atoms with E-state index in [0.29, 0.717) is 17.1 Å². The van der Waals surface area contributed by atoms with E-state index in [0.717, 1.165) is 11.1 Å². The first-order chi connectivity index (χ1) is 13.0. The molecule has 0 saturated carbocycles. The van der Waals surface area contributed by atoms with Crippen molar-refractivity contribution < 1.29 is 9.59 Å². The van der Waals surface area contributed by atoms with Gasteiger partial charge in [0.1, 0.15) is 16.7 Å². The normalized spacial score (nSPS) is 18.2. The highest BCUT2D eigenvalue weighted by atomic mass is 32.2. The zero-order valence-electron chi connectivity index (χ0n) is 15.1. The molecule has 1 unspecified atom stereocenters. The second kappa shape index (κ2) is 8.11. The zero-order valence-corrected chi connectivity index (χ0v) is 15.9. The number of nitrogens with one attached hydrogen (secondary N) is 1. The molecule has 0 aromatic heterocycles. The number of carbonyl (C=O) groups excluding carboxylic acids is 2. The monoisotopic (exact) mass is 377 g/mol. The van der Waals surface area contributed by atoms with E-state index in [9.17, 15) is 14.9 Å². The quantitative estimate of drug-likeness (QED) is 0.656. The van der Waals surface area contributed by atoms with E-state index in [1.165, 1.54) is 23.7 Å². The summed E-state index contributed by atoms with van der Waals surface area (Å²) < 4.78 is 0. The molecule has 1 saturated heterocycles. The average molecular weight is 377 g/mol. The summed E-state index contributed by atoms with van der Waals surface area (Å²) in [5.41, 5.74) is 2.79. The van der Waals surface area contributed by atoms with Crippen LogP contribution < -0.4 is 10.2 Å². The molecule has 1 heterocycles. The molecule has 0 bridgehead atoms. The number of para-hydroxylation sites is 1. The number of likely N-dealkylation sites (N-methyl/N-ethyl adjacent to an activating group) is 1. The van der Waals surface area contributed by atoms with Crippen LogP contribution in [0.3, 0.4) is 0 Å². The molecule has 2 aromatic rings. The molecule has 0 spiro atoms. The Kier molecular flexibility index (Phi) is 5.63. The van der Waals surface area contributed by atoms with Crippen molar-refractivity contribution in [2.45, 2.75) is 18.6 Å². The predicted molar refractivity (Wildman–Crippen MR) is 107 cm³/mol. The van der Waals surface area contributed by atoms with E-state index in [1.54, 1.807) is 12.1 Å². The molecular formula is C21H19N3O2S. The van der Waals surface area contributed by atoms with Crippen molar-refractivity contribution in [1.82, 2.24) is 5.32 Å². The molecule has 2 amide bonds. The van der Waals surface area contributed by atoms with Gasteiger partial charge in [-0.15, -0.1) is 0 Å². The Morgan fingerprint density at radius 2 is 1.85 bits per heavy atom. The lowest BCUT2D eigenvalue weighted by atomic mass is 10.1. The molecule has 0 aliphatic carbocycles. The van der Waals surface area contributed by atoms with Crippen LogP contribution in [0.1, 0.15) is 11.1 Å². The molecule has 2 aromatic carbocycles. The number of hydrogen-bond acceptors (Lipinski definition) is 4. The van der Waals surface area contributed by atoms with Crippen LogP contribution in [0.5, 0.6) is 0 Å². The minimum absolute atomic E-state index is 0.0499. The smallest absolute Gasteiger partial charge is 0.264 e. The fraction of sp³-hybridized carbons (Fsp3) is 0.190. The summed E-state index contributed by atoms with van der Waals surface area (Å²) in [5, 5.41) is 12.0. The molecule has 1 aliphatic rings. The van der Waals surface area contributed by atoms with Crippen LogP contribution >= 0.6 is 11.8 Å². The number of anilines is 1. The van der Waals surface area contributed by atoms with Crippen molar-refractivity contribution in [3.05, 3.63) is 76.3 Å². The number of rotatable bonds is 4. The lowest BCUT2D eigenvalue weighted by molar-refractivity contribution is -0.117. The molecule has 1 aliphatic heterocycles. The Hall–Kier alpha value is -3.04. The van der Waals surface area contributed by atoms with Crippen LogP contribution in [0.25, 0.3) is 0 Å². The van der Waals surface area contributed by atoms with Gasteiger partial charge in [0, 0.05) is 12.7 Å². The third-order valence-corrected chi connectivity index (χ3v) is 5.55. The lowest BCUT2D eigenvalue weighted by Gasteiger charge is -2.18. The summed E-state index contributed by atoms with van der Waals surface area (Å²) >= 11 is 1.27.